The Morgan fingerprint density at radius 3 is 2.69 bits per heavy atom. The summed E-state index contributed by atoms with van der Waals surface area (Å²) >= 11 is 1.50. The zero-order chi connectivity index (χ0) is 18.8. The van der Waals surface area contributed by atoms with Crippen molar-refractivity contribution >= 4 is 28.2 Å². The van der Waals surface area contributed by atoms with Crippen molar-refractivity contribution in [3.05, 3.63) is 33.5 Å². The molecule has 0 spiro atoms. The van der Waals surface area contributed by atoms with E-state index in [9.17, 15) is 9.59 Å². The minimum Gasteiger partial charge on any atom is -0.459 e. The van der Waals surface area contributed by atoms with Crippen LogP contribution in [0, 0.1) is 13.8 Å². The molecular formula is C19H25N3O3S. The van der Waals surface area contributed by atoms with Gasteiger partial charge in [-0.3, -0.25) is 9.48 Å². The second-order valence-corrected chi connectivity index (χ2v) is 8.11. The third-order valence-corrected chi connectivity index (χ3v) is 5.58. The molecule has 7 heteroatoms. The fourth-order valence-electron chi connectivity index (χ4n) is 3.28. The maximum atomic E-state index is 12.6. The Morgan fingerprint density at radius 1 is 1.31 bits per heavy atom. The van der Waals surface area contributed by atoms with Crippen molar-refractivity contribution in [2.75, 3.05) is 5.32 Å². The van der Waals surface area contributed by atoms with Crippen molar-refractivity contribution in [1.82, 2.24) is 9.78 Å². The summed E-state index contributed by atoms with van der Waals surface area (Å²) in [6, 6.07) is 1.93. The van der Waals surface area contributed by atoms with Crippen molar-refractivity contribution in [3.8, 4) is 0 Å². The first-order valence-corrected chi connectivity index (χ1v) is 9.83. The van der Waals surface area contributed by atoms with E-state index in [1.54, 1.807) is 4.68 Å². The number of rotatable bonds is 5. The van der Waals surface area contributed by atoms with Crippen LogP contribution in [0.25, 0.3) is 0 Å². The highest BCUT2D eigenvalue weighted by Crippen LogP contribution is 2.38. The van der Waals surface area contributed by atoms with Crippen molar-refractivity contribution < 1.29 is 14.3 Å². The molecule has 2 aromatic rings. The van der Waals surface area contributed by atoms with Crippen LogP contribution in [0.3, 0.4) is 0 Å². The van der Waals surface area contributed by atoms with E-state index in [-0.39, 0.29) is 24.5 Å². The molecule has 1 amide bonds. The summed E-state index contributed by atoms with van der Waals surface area (Å²) in [6.07, 6.45) is 3.80. The van der Waals surface area contributed by atoms with Crippen LogP contribution in [-0.4, -0.2) is 27.8 Å². The van der Waals surface area contributed by atoms with Gasteiger partial charge < -0.3 is 10.1 Å². The Hall–Kier alpha value is -2.15. The molecule has 0 aromatic carbocycles. The Kier molecular flexibility index (Phi) is 5.46. The van der Waals surface area contributed by atoms with E-state index in [1.807, 2.05) is 33.8 Å². The predicted molar refractivity (Wildman–Crippen MR) is 102 cm³/mol. The fourth-order valence-corrected chi connectivity index (χ4v) is 4.57. The smallest absolute Gasteiger partial charge is 0.341 e. The number of carbonyl (C=O) groups excluding carboxylic acids is 2. The SMILES string of the molecule is Cc1cc(C)n(CC(=O)Nc2sc3c(c2C(=O)OC(C)C)CCCC3)n1. The molecule has 0 bridgehead atoms. The predicted octanol–water partition coefficient (Wildman–Crippen LogP) is 3.64. The molecule has 1 aliphatic rings. The Bertz CT molecular complexity index is 835. The lowest BCUT2D eigenvalue weighted by Crippen LogP contribution is -2.22. The van der Waals surface area contributed by atoms with Gasteiger partial charge in [-0.05, 0) is 65.0 Å². The van der Waals surface area contributed by atoms with Crippen molar-refractivity contribution in [1.29, 1.82) is 0 Å². The number of nitrogens with zero attached hydrogens (tertiary/aromatic N) is 2. The van der Waals surface area contributed by atoms with Crippen LogP contribution in [0.5, 0.6) is 0 Å². The largest absolute Gasteiger partial charge is 0.459 e. The summed E-state index contributed by atoms with van der Waals surface area (Å²) in [6.45, 7) is 7.60. The summed E-state index contributed by atoms with van der Waals surface area (Å²) in [4.78, 5) is 26.3. The van der Waals surface area contributed by atoms with Gasteiger partial charge in [0.15, 0.2) is 0 Å². The monoisotopic (exact) mass is 375 g/mol. The van der Waals surface area contributed by atoms with Gasteiger partial charge in [0, 0.05) is 10.6 Å². The van der Waals surface area contributed by atoms with E-state index < -0.39 is 0 Å². The molecule has 0 fully saturated rings. The van der Waals surface area contributed by atoms with E-state index in [2.05, 4.69) is 10.4 Å². The van der Waals surface area contributed by atoms with E-state index in [1.165, 1.54) is 16.2 Å². The standard InChI is InChI=1S/C19H25N3O3S/c1-11(2)25-19(24)17-14-7-5-6-8-15(14)26-18(17)20-16(23)10-22-13(4)9-12(3)21-22/h9,11H,5-8,10H2,1-4H3,(H,20,23). The van der Waals surface area contributed by atoms with Crippen LogP contribution in [-0.2, 0) is 28.9 Å². The first-order valence-electron chi connectivity index (χ1n) is 9.01. The second-order valence-electron chi connectivity index (χ2n) is 7.00. The van der Waals surface area contributed by atoms with E-state index in [4.69, 9.17) is 4.74 Å². The van der Waals surface area contributed by atoms with Gasteiger partial charge in [-0.25, -0.2) is 4.79 Å². The molecule has 0 radical (unpaired) electrons. The van der Waals surface area contributed by atoms with Gasteiger partial charge in [-0.15, -0.1) is 11.3 Å². The highest BCUT2D eigenvalue weighted by Gasteiger charge is 2.28. The highest BCUT2D eigenvalue weighted by atomic mass is 32.1. The van der Waals surface area contributed by atoms with Crippen LogP contribution >= 0.6 is 11.3 Å². The van der Waals surface area contributed by atoms with Gasteiger partial charge >= 0.3 is 5.97 Å². The number of carbonyl (C=O) groups is 2. The highest BCUT2D eigenvalue weighted by molar-refractivity contribution is 7.17. The zero-order valence-corrected chi connectivity index (χ0v) is 16.5. The van der Waals surface area contributed by atoms with E-state index in [0.717, 1.165) is 42.6 Å². The molecule has 2 heterocycles. The molecule has 26 heavy (non-hydrogen) atoms. The first kappa shape index (κ1) is 18.6. The average Bonchev–Trinajstić information content (AvgIpc) is 3.05. The van der Waals surface area contributed by atoms with Crippen molar-refractivity contribution in [2.24, 2.45) is 0 Å². The second kappa shape index (κ2) is 7.61. The number of aromatic nitrogens is 2. The molecule has 2 aromatic heterocycles. The number of thiophene rings is 1. The van der Waals surface area contributed by atoms with E-state index in [0.29, 0.717) is 10.6 Å². The summed E-state index contributed by atoms with van der Waals surface area (Å²) in [5, 5.41) is 7.85. The maximum absolute atomic E-state index is 12.6. The molecule has 0 unspecified atom stereocenters. The molecule has 1 N–H and O–H groups in total. The number of ether oxygens (including phenoxy) is 1. The van der Waals surface area contributed by atoms with Gasteiger partial charge in [0.2, 0.25) is 5.91 Å². The topological polar surface area (TPSA) is 73.2 Å². The Balaban J connectivity index is 1.84. The molecule has 1 aliphatic carbocycles. The molecule has 0 saturated carbocycles. The lowest BCUT2D eigenvalue weighted by Gasteiger charge is -2.14. The molecule has 0 atom stereocenters. The van der Waals surface area contributed by atoms with Crippen molar-refractivity contribution in [3.63, 3.8) is 0 Å². The van der Waals surface area contributed by atoms with Crippen LogP contribution < -0.4 is 5.32 Å². The number of esters is 1. The van der Waals surface area contributed by atoms with Gasteiger partial charge in [-0.2, -0.15) is 5.10 Å². The van der Waals surface area contributed by atoms with Gasteiger partial charge in [0.25, 0.3) is 0 Å². The lowest BCUT2D eigenvalue weighted by atomic mass is 9.95. The summed E-state index contributed by atoms with van der Waals surface area (Å²) in [7, 11) is 0. The Morgan fingerprint density at radius 2 is 2.04 bits per heavy atom. The number of aryl methyl sites for hydroxylation is 3. The summed E-state index contributed by atoms with van der Waals surface area (Å²) in [5.41, 5.74) is 3.40. The van der Waals surface area contributed by atoms with Gasteiger partial charge in [-0.1, -0.05) is 0 Å². The number of anilines is 1. The average molecular weight is 375 g/mol. The minimum atomic E-state index is -0.346. The number of fused-ring (bicyclic) bond motifs is 1. The summed E-state index contributed by atoms with van der Waals surface area (Å²) in [5.74, 6) is -0.533. The van der Waals surface area contributed by atoms with Crippen LogP contribution in [0.15, 0.2) is 6.07 Å². The van der Waals surface area contributed by atoms with Gasteiger partial charge in [0.1, 0.15) is 11.5 Å². The number of hydrogen-bond donors (Lipinski definition) is 1. The fraction of sp³-hybridized carbons (Fsp3) is 0.526. The molecule has 0 saturated heterocycles. The number of amides is 1. The first-order chi connectivity index (χ1) is 12.3. The van der Waals surface area contributed by atoms with Crippen LogP contribution in [0.2, 0.25) is 0 Å². The molecular weight excluding hydrogens is 350 g/mol. The third-order valence-electron chi connectivity index (χ3n) is 4.37. The quantitative estimate of drug-likeness (QED) is 0.810. The molecule has 140 valence electrons. The molecule has 0 aliphatic heterocycles. The maximum Gasteiger partial charge on any atom is 0.341 e. The summed E-state index contributed by atoms with van der Waals surface area (Å²) < 4.78 is 7.09. The molecule has 3 rings (SSSR count). The van der Waals surface area contributed by atoms with Crippen molar-refractivity contribution in [2.45, 2.75) is 66.0 Å². The minimum absolute atomic E-state index is 0.126. The van der Waals surface area contributed by atoms with Crippen LogP contribution in [0.1, 0.15) is 58.9 Å². The Labute approximate surface area is 157 Å². The van der Waals surface area contributed by atoms with Gasteiger partial charge in [0.05, 0.1) is 17.4 Å². The third kappa shape index (κ3) is 3.98. The number of nitrogens with one attached hydrogen (secondary N) is 1. The zero-order valence-electron chi connectivity index (χ0n) is 15.7. The van der Waals surface area contributed by atoms with Crippen LogP contribution in [0.4, 0.5) is 5.00 Å². The molecule has 6 nitrogen and oxygen atoms in total. The number of hydrogen-bond acceptors (Lipinski definition) is 5. The van der Waals surface area contributed by atoms with E-state index >= 15 is 0 Å². The lowest BCUT2D eigenvalue weighted by molar-refractivity contribution is -0.116. The normalized spacial score (nSPS) is 13.6.